The molecule has 2 atom stereocenters. The molecule has 2 aromatic rings. The largest absolute Gasteiger partial charge is 0.469 e. The normalized spacial score (nSPS) is 25.2. The quantitative estimate of drug-likeness (QED) is 0.796. The van der Waals surface area contributed by atoms with Gasteiger partial charge in [0, 0.05) is 18.8 Å². The number of esters is 1. The molecule has 4 rings (SSSR count). The lowest BCUT2D eigenvalue weighted by Gasteiger charge is -2.25. The Kier molecular flexibility index (Phi) is 3.74. The van der Waals surface area contributed by atoms with Crippen LogP contribution in [0.25, 0.3) is 5.82 Å². The number of carbonyl (C=O) groups excluding carboxylic acids is 1. The molecule has 1 aliphatic carbocycles. The van der Waals surface area contributed by atoms with Gasteiger partial charge in [-0.05, 0) is 38.7 Å². The van der Waals surface area contributed by atoms with Gasteiger partial charge in [0.05, 0.1) is 30.6 Å². The minimum atomic E-state index is -0.384. The van der Waals surface area contributed by atoms with Gasteiger partial charge in [0.2, 0.25) is 0 Å². The topological polar surface area (TPSA) is 73.1 Å². The maximum atomic E-state index is 12.4. The van der Waals surface area contributed by atoms with Crippen molar-refractivity contribution in [2.75, 3.05) is 25.1 Å². The Morgan fingerprint density at radius 1 is 1.32 bits per heavy atom. The maximum Gasteiger partial charge on any atom is 0.313 e. The van der Waals surface area contributed by atoms with Crippen LogP contribution in [0.5, 0.6) is 0 Å². The Bertz CT molecular complexity index is 818. The average Bonchev–Trinajstić information content (AvgIpc) is 3.26. The molecule has 0 bridgehead atoms. The third-order valence-corrected chi connectivity index (χ3v) is 5.62. The molecular weight excluding hydrogens is 318 g/mol. The van der Waals surface area contributed by atoms with Crippen LogP contribution in [-0.4, -0.2) is 45.9 Å². The number of carbonyl (C=O) groups is 1. The van der Waals surface area contributed by atoms with Gasteiger partial charge < -0.3 is 9.64 Å². The number of aryl methyl sites for hydroxylation is 2. The highest BCUT2D eigenvalue weighted by Crippen LogP contribution is 2.50. The molecule has 1 saturated carbocycles. The van der Waals surface area contributed by atoms with Gasteiger partial charge in [-0.3, -0.25) is 9.78 Å². The predicted molar refractivity (Wildman–Crippen MR) is 92.6 cm³/mol. The molecule has 2 aliphatic rings. The first-order valence-corrected chi connectivity index (χ1v) is 8.72. The second-order valence-electron chi connectivity index (χ2n) is 7.19. The molecule has 7 nitrogen and oxygen atoms in total. The van der Waals surface area contributed by atoms with Gasteiger partial charge >= 0.3 is 5.97 Å². The van der Waals surface area contributed by atoms with Crippen molar-refractivity contribution in [1.29, 1.82) is 0 Å². The van der Waals surface area contributed by atoms with Crippen molar-refractivity contribution in [2.45, 2.75) is 33.1 Å². The van der Waals surface area contributed by atoms with Crippen LogP contribution in [0.4, 0.5) is 5.82 Å². The molecule has 0 radical (unpaired) electrons. The van der Waals surface area contributed by atoms with Crippen LogP contribution < -0.4 is 4.90 Å². The Morgan fingerprint density at radius 2 is 2.12 bits per heavy atom. The first-order chi connectivity index (χ1) is 12.0. The molecule has 2 fully saturated rings. The van der Waals surface area contributed by atoms with Crippen LogP contribution in [0.3, 0.4) is 0 Å². The zero-order valence-corrected chi connectivity index (χ0v) is 14.9. The van der Waals surface area contributed by atoms with E-state index in [1.165, 1.54) is 7.11 Å². The lowest BCUT2D eigenvalue weighted by molar-refractivity contribution is -0.152. The minimum Gasteiger partial charge on any atom is -0.469 e. The highest BCUT2D eigenvalue weighted by atomic mass is 16.5. The van der Waals surface area contributed by atoms with E-state index in [-0.39, 0.29) is 11.4 Å². The van der Waals surface area contributed by atoms with Crippen molar-refractivity contribution in [3.8, 4) is 5.82 Å². The Balaban J connectivity index is 1.65. The first-order valence-electron chi connectivity index (χ1n) is 8.72. The highest BCUT2D eigenvalue weighted by Gasteiger charge is 2.55. The molecule has 25 heavy (non-hydrogen) atoms. The summed E-state index contributed by atoms with van der Waals surface area (Å²) >= 11 is 0. The summed E-state index contributed by atoms with van der Waals surface area (Å²) in [5.74, 6) is 1.74. The highest BCUT2D eigenvalue weighted by molar-refractivity contribution is 5.79. The summed E-state index contributed by atoms with van der Waals surface area (Å²) in [6.45, 7) is 5.44. The predicted octanol–water partition coefficient (Wildman–Crippen LogP) is 2.06. The molecule has 2 aromatic heterocycles. The lowest BCUT2D eigenvalue weighted by atomic mass is 9.81. The Morgan fingerprint density at radius 3 is 2.84 bits per heavy atom. The monoisotopic (exact) mass is 341 g/mol. The Labute approximate surface area is 147 Å². The van der Waals surface area contributed by atoms with Gasteiger partial charge in [-0.2, -0.15) is 5.10 Å². The van der Waals surface area contributed by atoms with Gasteiger partial charge in [0.15, 0.2) is 5.82 Å². The van der Waals surface area contributed by atoms with Crippen molar-refractivity contribution in [3.63, 3.8) is 0 Å². The van der Waals surface area contributed by atoms with E-state index in [1.807, 2.05) is 19.9 Å². The zero-order chi connectivity index (χ0) is 17.6. The molecule has 1 saturated heterocycles. The van der Waals surface area contributed by atoms with E-state index in [0.717, 1.165) is 43.0 Å². The summed E-state index contributed by atoms with van der Waals surface area (Å²) in [5.41, 5.74) is 1.59. The number of rotatable bonds is 3. The molecule has 0 N–H and O–H groups in total. The summed E-state index contributed by atoms with van der Waals surface area (Å²) in [4.78, 5) is 23.7. The maximum absolute atomic E-state index is 12.4. The summed E-state index contributed by atoms with van der Waals surface area (Å²) < 4.78 is 6.92. The molecule has 2 unspecified atom stereocenters. The lowest BCUT2D eigenvalue weighted by Crippen LogP contribution is -2.37. The summed E-state index contributed by atoms with van der Waals surface area (Å²) in [7, 11) is 1.48. The van der Waals surface area contributed by atoms with Crippen molar-refractivity contribution < 1.29 is 9.53 Å². The van der Waals surface area contributed by atoms with E-state index in [0.29, 0.717) is 18.3 Å². The van der Waals surface area contributed by atoms with Crippen LogP contribution in [0.15, 0.2) is 18.5 Å². The molecular formula is C18H23N5O2. The molecule has 0 spiro atoms. The number of nitrogens with zero attached hydrogens (tertiary/aromatic N) is 5. The molecule has 0 amide bonds. The van der Waals surface area contributed by atoms with E-state index in [9.17, 15) is 4.79 Å². The Hall–Kier alpha value is -2.44. The van der Waals surface area contributed by atoms with E-state index in [2.05, 4.69) is 15.0 Å². The van der Waals surface area contributed by atoms with E-state index < -0.39 is 0 Å². The SMILES string of the molecule is COC(=O)C12CCCC1CN(c1cncc(-n3nc(C)cc3C)n1)C2. The van der Waals surface area contributed by atoms with Crippen LogP contribution in [0.1, 0.15) is 30.7 Å². The van der Waals surface area contributed by atoms with Crippen LogP contribution in [0, 0.1) is 25.2 Å². The first kappa shape index (κ1) is 16.1. The summed E-state index contributed by atoms with van der Waals surface area (Å²) in [5, 5.41) is 4.48. The fourth-order valence-corrected chi connectivity index (χ4v) is 4.46. The van der Waals surface area contributed by atoms with Gasteiger partial charge in [-0.25, -0.2) is 9.67 Å². The second kappa shape index (κ2) is 5.82. The van der Waals surface area contributed by atoms with Crippen LogP contribution in [-0.2, 0) is 9.53 Å². The third kappa shape index (κ3) is 2.49. The average molecular weight is 341 g/mol. The molecule has 3 heterocycles. The summed E-state index contributed by atoms with van der Waals surface area (Å²) in [6.07, 6.45) is 6.53. The zero-order valence-electron chi connectivity index (χ0n) is 14.9. The van der Waals surface area contributed by atoms with Crippen LogP contribution >= 0.6 is 0 Å². The van der Waals surface area contributed by atoms with Crippen molar-refractivity contribution in [3.05, 3.63) is 29.8 Å². The number of hydrogen-bond acceptors (Lipinski definition) is 6. The number of methoxy groups -OCH3 is 1. The number of ether oxygens (including phenoxy) is 1. The minimum absolute atomic E-state index is 0.0832. The summed E-state index contributed by atoms with van der Waals surface area (Å²) in [6, 6.07) is 2.01. The number of anilines is 1. The van der Waals surface area contributed by atoms with E-state index in [1.54, 1.807) is 17.1 Å². The number of fused-ring (bicyclic) bond motifs is 1. The third-order valence-electron chi connectivity index (χ3n) is 5.62. The molecule has 0 aromatic carbocycles. The van der Waals surface area contributed by atoms with E-state index >= 15 is 0 Å². The molecule has 132 valence electrons. The number of hydrogen-bond donors (Lipinski definition) is 0. The fourth-order valence-electron chi connectivity index (χ4n) is 4.46. The smallest absolute Gasteiger partial charge is 0.313 e. The number of aromatic nitrogens is 4. The second-order valence-corrected chi connectivity index (χ2v) is 7.19. The molecule has 7 heteroatoms. The van der Waals surface area contributed by atoms with Gasteiger partial charge in [0.25, 0.3) is 0 Å². The van der Waals surface area contributed by atoms with E-state index in [4.69, 9.17) is 9.72 Å². The van der Waals surface area contributed by atoms with Gasteiger partial charge in [-0.15, -0.1) is 0 Å². The van der Waals surface area contributed by atoms with Crippen molar-refractivity contribution >= 4 is 11.8 Å². The standard InChI is InChI=1S/C18H23N5O2/c1-12-7-13(2)23(21-12)16-9-19-8-15(20-16)22-10-14-5-4-6-18(14,11-22)17(24)25-3/h7-9,14H,4-6,10-11H2,1-3H3. The van der Waals surface area contributed by atoms with Crippen LogP contribution in [0.2, 0.25) is 0 Å². The van der Waals surface area contributed by atoms with Gasteiger partial charge in [-0.1, -0.05) is 6.42 Å². The fraction of sp³-hybridized carbons (Fsp3) is 0.556. The van der Waals surface area contributed by atoms with Crippen molar-refractivity contribution in [1.82, 2.24) is 19.7 Å². The van der Waals surface area contributed by atoms with Crippen molar-refractivity contribution in [2.24, 2.45) is 11.3 Å². The molecule has 1 aliphatic heterocycles. The van der Waals surface area contributed by atoms with Gasteiger partial charge in [0.1, 0.15) is 5.82 Å².